The van der Waals surface area contributed by atoms with Gasteiger partial charge < -0.3 is 10.2 Å². The Morgan fingerprint density at radius 1 is 1.06 bits per heavy atom. The van der Waals surface area contributed by atoms with Crippen LogP contribution in [-0.4, -0.2) is 27.8 Å². The quantitative estimate of drug-likeness (QED) is 0.242. The van der Waals surface area contributed by atoms with Gasteiger partial charge in [0, 0.05) is 22.9 Å². The van der Waals surface area contributed by atoms with E-state index in [0.717, 1.165) is 29.3 Å². The maximum atomic E-state index is 13.4. The van der Waals surface area contributed by atoms with Gasteiger partial charge in [-0.25, -0.2) is 4.79 Å². The molecule has 0 saturated heterocycles. The largest absolute Gasteiger partial charge is 0.505 e. The number of halogens is 3. The molecule has 0 spiro atoms. The summed E-state index contributed by atoms with van der Waals surface area (Å²) in [7, 11) is 0. The van der Waals surface area contributed by atoms with Gasteiger partial charge in [0.15, 0.2) is 5.71 Å². The number of carbonyl (C=O) groups is 2. The van der Waals surface area contributed by atoms with Gasteiger partial charge in [0.05, 0.1) is 16.9 Å². The molecule has 3 N–H and O–H groups in total. The fourth-order valence-electron chi connectivity index (χ4n) is 3.72. The first-order chi connectivity index (χ1) is 17.0. The molecule has 10 heteroatoms. The first kappa shape index (κ1) is 24.5. The molecule has 1 amide bonds. The number of nitrogens with zero attached hydrogens (tertiary/aromatic N) is 2. The summed E-state index contributed by atoms with van der Waals surface area (Å²) in [6.07, 6.45) is -2.58. The van der Waals surface area contributed by atoms with Gasteiger partial charge >= 0.3 is 12.1 Å². The third-order valence-electron chi connectivity index (χ3n) is 5.74. The molecule has 0 aromatic heterocycles. The van der Waals surface area contributed by atoms with E-state index >= 15 is 0 Å². The zero-order chi connectivity index (χ0) is 26.2. The van der Waals surface area contributed by atoms with Gasteiger partial charge in [-0.2, -0.15) is 18.3 Å². The van der Waals surface area contributed by atoms with E-state index in [0.29, 0.717) is 5.69 Å². The van der Waals surface area contributed by atoms with Gasteiger partial charge in [0.1, 0.15) is 5.75 Å². The van der Waals surface area contributed by atoms with Crippen LogP contribution in [0.3, 0.4) is 0 Å². The van der Waals surface area contributed by atoms with Gasteiger partial charge in [0.25, 0.3) is 5.91 Å². The smallest absolute Gasteiger partial charge is 0.416 e. The second-order valence-electron chi connectivity index (χ2n) is 8.13. The summed E-state index contributed by atoms with van der Waals surface area (Å²) in [4.78, 5) is 25.4. The third kappa shape index (κ3) is 4.65. The minimum Gasteiger partial charge on any atom is -0.505 e. The summed E-state index contributed by atoms with van der Waals surface area (Å²) in [5.41, 5.74) is 4.18. The Morgan fingerprint density at radius 2 is 1.81 bits per heavy atom. The molecule has 1 aliphatic rings. The summed E-state index contributed by atoms with van der Waals surface area (Å²) in [5.74, 6) is -2.17. The molecule has 0 fully saturated rings. The molecule has 0 radical (unpaired) electrons. The van der Waals surface area contributed by atoms with Gasteiger partial charge in [-0.3, -0.25) is 15.1 Å². The number of fused-ring (bicyclic) bond motifs is 1. The third-order valence-corrected chi connectivity index (χ3v) is 5.74. The van der Waals surface area contributed by atoms with Gasteiger partial charge in [-0.05, 0) is 67.4 Å². The molecule has 184 valence electrons. The molecule has 0 bridgehead atoms. The van der Waals surface area contributed by atoms with E-state index in [9.17, 15) is 27.9 Å². The molecule has 4 rings (SSSR count). The predicted molar refractivity (Wildman–Crippen MR) is 129 cm³/mol. The Hall–Kier alpha value is -4.60. The molecule has 7 nitrogen and oxygen atoms in total. The number of carboxylic acids is 1. The number of hydrazone groups is 1. The lowest BCUT2D eigenvalue weighted by atomic mass is 10.1. The number of amides is 1. The molecule has 0 saturated carbocycles. The van der Waals surface area contributed by atoms with Crippen LogP contribution >= 0.6 is 0 Å². The monoisotopic (exact) mass is 495 g/mol. The first-order valence-electron chi connectivity index (χ1n) is 10.7. The number of benzene rings is 3. The summed E-state index contributed by atoms with van der Waals surface area (Å²) in [6.45, 7) is 3.71. The van der Waals surface area contributed by atoms with Crippen LogP contribution in [0.2, 0.25) is 0 Å². The molecule has 3 aromatic carbocycles. The maximum absolute atomic E-state index is 13.4. The highest BCUT2D eigenvalue weighted by Gasteiger charge is 2.39. The van der Waals surface area contributed by atoms with Crippen LogP contribution in [0.4, 0.5) is 30.2 Å². The van der Waals surface area contributed by atoms with Crippen LogP contribution in [0, 0.1) is 13.8 Å². The predicted octanol–water partition coefficient (Wildman–Crippen LogP) is 5.62. The van der Waals surface area contributed by atoms with Crippen LogP contribution in [-0.2, 0) is 15.8 Å². The maximum Gasteiger partial charge on any atom is 0.416 e. The lowest BCUT2D eigenvalue weighted by molar-refractivity contribution is -0.137. The number of aliphatic carboxylic acids is 1. The number of phenols is 1. The average molecular weight is 495 g/mol. The number of rotatable bonds is 5. The van der Waals surface area contributed by atoms with Crippen molar-refractivity contribution in [1.82, 2.24) is 0 Å². The van der Waals surface area contributed by atoms with Crippen LogP contribution in [0.25, 0.3) is 6.08 Å². The highest BCUT2D eigenvalue weighted by Crippen LogP contribution is 2.41. The molecule has 0 unspecified atom stereocenters. The number of nitrogens with one attached hydrogen (secondary N) is 1. The normalized spacial score (nSPS) is 14.5. The van der Waals surface area contributed by atoms with Crippen molar-refractivity contribution in [3.05, 3.63) is 88.5 Å². The average Bonchev–Trinajstić information content (AvgIpc) is 3.09. The van der Waals surface area contributed by atoms with E-state index in [2.05, 4.69) is 10.5 Å². The van der Waals surface area contributed by atoms with Crippen LogP contribution in [0.5, 0.6) is 5.75 Å². The molecular formula is C26H20F3N3O4. The summed E-state index contributed by atoms with van der Waals surface area (Å²) >= 11 is 0. The number of phenolic OH excluding ortho intramolecular Hbond substituents is 1. The molecular weight excluding hydrogens is 475 g/mol. The number of para-hydroxylation sites is 1. The lowest BCUT2D eigenvalue weighted by Crippen LogP contribution is -2.26. The standard InChI is InChI=1S/C26H20F3N3O4/c1-14-6-9-18(12-15(14)2)32-21-13-17(26(27,28)29)8-10-19(21)23(25(32)36)31-30-20-5-3-4-16(24(20)35)7-11-22(33)34/h3-13,30,35H,1-2H3,(H,33,34)/b11-7-,31-23?. The topological polar surface area (TPSA) is 102 Å². The highest BCUT2D eigenvalue weighted by molar-refractivity contribution is 6.55. The number of anilines is 3. The lowest BCUT2D eigenvalue weighted by Gasteiger charge is -2.19. The van der Waals surface area contributed by atoms with Crippen molar-refractivity contribution in [3.63, 3.8) is 0 Å². The highest BCUT2D eigenvalue weighted by atomic mass is 19.4. The van der Waals surface area contributed by atoms with Crippen molar-refractivity contribution < 1.29 is 33.0 Å². The number of hydrogen-bond acceptors (Lipinski definition) is 5. The first-order valence-corrected chi connectivity index (χ1v) is 10.7. The Balaban J connectivity index is 1.79. The molecule has 3 aromatic rings. The van der Waals surface area contributed by atoms with Gasteiger partial charge in [0.2, 0.25) is 0 Å². The van der Waals surface area contributed by atoms with Crippen LogP contribution in [0.1, 0.15) is 27.8 Å². The summed E-state index contributed by atoms with van der Waals surface area (Å²) in [6, 6.07) is 12.5. The van der Waals surface area contributed by atoms with Crippen LogP contribution < -0.4 is 10.3 Å². The minimum atomic E-state index is -4.61. The van der Waals surface area contributed by atoms with Crippen molar-refractivity contribution in [2.24, 2.45) is 5.10 Å². The van der Waals surface area contributed by atoms with Gasteiger partial charge in [-0.1, -0.05) is 18.2 Å². The number of hydrogen-bond donors (Lipinski definition) is 3. The van der Waals surface area contributed by atoms with E-state index in [1.807, 2.05) is 13.8 Å². The molecule has 36 heavy (non-hydrogen) atoms. The van der Waals surface area contributed by atoms with Crippen molar-refractivity contribution in [2.45, 2.75) is 20.0 Å². The summed E-state index contributed by atoms with van der Waals surface area (Å²) < 4.78 is 40.3. The summed E-state index contributed by atoms with van der Waals surface area (Å²) in [5, 5.41) is 23.4. The zero-order valence-electron chi connectivity index (χ0n) is 19.1. The van der Waals surface area contributed by atoms with Crippen LogP contribution in [0.15, 0.2) is 65.8 Å². The fraction of sp³-hybridized carbons (Fsp3) is 0.115. The van der Waals surface area contributed by atoms with Crippen molar-refractivity contribution in [3.8, 4) is 5.75 Å². The van der Waals surface area contributed by atoms with E-state index < -0.39 is 23.6 Å². The Kier molecular flexibility index (Phi) is 6.28. The van der Waals surface area contributed by atoms with E-state index in [4.69, 9.17) is 5.11 Å². The number of aromatic hydroxyl groups is 1. The van der Waals surface area contributed by atoms with Crippen molar-refractivity contribution in [2.75, 3.05) is 10.3 Å². The number of aryl methyl sites for hydroxylation is 2. The Bertz CT molecular complexity index is 1440. The van der Waals surface area contributed by atoms with Gasteiger partial charge in [-0.15, -0.1) is 0 Å². The van der Waals surface area contributed by atoms with E-state index in [-0.39, 0.29) is 34.0 Å². The second kappa shape index (κ2) is 9.21. The SMILES string of the molecule is Cc1ccc(N2C(=O)C(=NNc3cccc(/C=C\C(=O)O)c3O)c3ccc(C(F)(F)F)cc32)cc1C. The Labute approximate surface area is 203 Å². The van der Waals surface area contributed by atoms with Crippen molar-refractivity contribution in [1.29, 1.82) is 0 Å². The molecule has 0 aliphatic carbocycles. The minimum absolute atomic E-state index is 0.0287. The molecule has 0 atom stereocenters. The number of carboxylic acid groups (broad SMARTS) is 1. The van der Waals surface area contributed by atoms with Crippen molar-refractivity contribution >= 4 is 40.7 Å². The molecule has 1 heterocycles. The Morgan fingerprint density at radius 3 is 2.47 bits per heavy atom. The number of alkyl halides is 3. The zero-order valence-corrected chi connectivity index (χ0v) is 19.1. The second-order valence-corrected chi connectivity index (χ2v) is 8.13. The van der Waals surface area contributed by atoms with E-state index in [1.54, 1.807) is 18.2 Å². The fourth-order valence-corrected chi connectivity index (χ4v) is 3.72. The van der Waals surface area contributed by atoms with E-state index in [1.165, 1.54) is 35.2 Å². The number of carbonyl (C=O) groups excluding carboxylic acids is 1. The molecule has 1 aliphatic heterocycles.